The molecule has 0 saturated carbocycles. The fourth-order valence-electron chi connectivity index (χ4n) is 2.22. The van der Waals surface area contributed by atoms with E-state index in [1.165, 1.54) is 24.8 Å². The first-order valence-corrected chi connectivity index (χ1v) is 6.34. The molecule has 0 bridgehead atoms. The van der Waals surface area contributed by atoms with Gasteiger partial charge in [0.1, 0.15) is 5.75 Å². The maximum Gasteiger partial charge on any atom is 0.134 e. The van der Waals surface area contributed by atoms with Gasteiger partial charge in [-0.05, 0) is 49.9 Å². The summed E-state index contributed by atoms with van der Waals surface area (Å²) in [7, 11) is 0. The number of phenols is 1. The van der Waals surface area contributed by atoms with Crippen molar-refractivity contribution in [3.05, 3.63) is 28.8 Å². The van der Waals surface area contributed by atoms with Crippen molar-refractivity contribution in [2.45, 2.75) is 38.1 Å². The molecule has 0 radical (unpaired) electrons. The molecule has 16 heavy (non-hydrogen) atoms. The van der Waals surface area contributed by atoms with E-state index in [0.717, 1.165) is 19.4 Å². The quantitative estimate of drug-likeness (QED) is 0.850. The van der Waals surface area contributed by atoms with Gasteiger partial charge in [0, 0.05) is 6.04 Å². The second-order valence-electron chi connectivity index (χ2n) is 4.47. The molecule has 1 heterocycles. The molecule has 1 aromatic carbocycles. The van der Waals surface area contributed by atoms with Gasteiger partial charge < -0.3 is 10.4 Å². The van der Waals surface area contributed by atoms with Gasteiger partial charge in [-0.3, -0.25) is 0 Å². The minimum atomic E-state index is 0.168. The number of piperidine rings is 1. The molecule has 1 aromatic rings. The van der Waals surface area contributed by atoms with Crippen molar-refractivity contribution in [2.24, 2.45) is 0 Å². The largest absolute Gasteiger partial charge is 0.506 e. The highest BCUT2D eigenvalue weighted by Gasteiger charge is 2.12. The van der Waals surface area contributed by atoms with E-state index >= 15 is 0 Å². The van der Waals surface area contributed by atoms with Crippen LogP contribution in [0.2, 0.25) is 5.02 Å². The van der Waals surface area contributed by atoms with Crippen LogP contribution < -0.4 is 5.32 Å². The second kappa shape index (κ2) is 5.55. The fourth-order valence-corrected chi connectivity index (χ4v) is 2.42. The molecule has 2 N–H and O–H groups in total. The molecule has 0 aromatic heterocycles. The molecule has 0 amide bonds. The number of phenolic OH excluding ortho intramolecular Hbond substituents is 1. The third-order valence-corrected chi connectivity index (χ3v) is 3.51. The standard InChI is InChI=1S/C13H18ClNO/c14-12-9-10(5-7-13(12)16)4-6-11-3-1-2-8-15-11/h5,7,9,11,15-16H,1-4,6,8H2. The van der Waals surface area contributed by atoms with Crippen LogP contribution in [0.15, 0.2) is 18.2 Å². The van der Waals surface area contributed by atoms with Gasteiger partial charge in [-0.2, -0.15) is 0 Å². The topological polar surface area (TPSA) is 32.3 Å². The Morgan fingerprint density at radius 1 is 1.38 bits per heavy atom. The average molecular weight is 240 g/mol. The van der Waals surface area contributed by atoms with Crippen LogP contribution in [0.4, 0.5) is 0 Å². The van der Waals surface area contributed by atoms with Crippen LogP contribution in [0.1, 0.15) is 31.2 Å². The summed E-state index contributed by atoms with van der Waals surface area (Å²) in [4.78, 5) is 0. The number of aromatic hydroxyl groups is 1. The Balaban J connectivity index is 1.86. The van der Waals surface area contributed by atoms with Gasteiger partial charge in [0.2, 0.25) is 0 Å². The Bertz CT molecular complexity index is 348. The molecule has 2 rings (SSSR count). The Kier molecular flexibility index (Phi) is 4.08. The van der Waals surface area contributed by atoms with Crippen molar-refractivity contribution < 1.29 is 5.11 Å². The predicted octanol–water partition coefficient (Wildman–Crippen LogP) is 3.12. The third kappa shape index (κ3) is 3.13. The van der Waals surface area contributed by atoms with Crippen molar-refractivity contribution in [1.82, 2.24) is 5.32 Å². The van der Waals surface area contributed by atoms with E-state index in [0.29, 0.717) is 11.1 Å². The molecule has 3 heteroatoms. The van der Waals surface area contributed by atoms with Crippen molar-refractivity contribution >= 4 is 11.6 Å². The molecular formula is C13H18ClNO. The van der Waals surface area contributed by atoms with Crippen LogP contribution in [-0.2, 0) is 6.42 Å². The highest BCUT2D eigenvalue weighted by molar-refractivity contribution is 6.32. The van der Waals surface area contributed by atoms with Gasteiger partial charge >= 0.3 is 0 Å². The van der Waals surface area contributed by atoms with E-state index in [1.807, 2.05) is 12.1 Å². The molecule has 1 saturated heterocycles. The molecule has 1 fully saturated rings. The average Bonchev–Trinajstić information content (AvgIpc) is 2.32. The lowest BCUT2D eigenvalue weighted by atomic mass is 9.98. The van der Waals surface area contributed by atoms with E-state index < -0.39 is 0 Å². The first kappa shape index (κ1) is 11.7. The zero-order valence-corrected chi connectivity index (χ0v) is 10.1. The van der Waals surface area contributed by atoms with E-state index in [4.69, 9.17) is 11.6 Å². The van der Waals surface area contributed by atoms with Gasteiger partial charge in [-0.1, -0.05) is 24.1 Å². The summed E-state index contributed by atoms with van der Waals surface area (Å²) in [6.45, 7) is 1.15. The summed E-state index contributed by atoms with van der Waals surface area (Å²) in [6, 6.07) is 6.14. The Labute approximate surface area is 102 Å². The van der Waals surface area contributed by atoms with E-state index in [2.05, 4.69) is 5.32 Å². The monoisotopic (exact) mass is 239 g/mol. The summed E-state index contributed by atoms with van der Waals surface area (Å²) in [6.07, 6.45) is 6.11. The van der Waals surface area contributed by atoms with Gasteiger partial charge in [-0.15, -0.1) is 0 Å². The molecule has 1 aliphatic rings. The molecule has 1 atom stereocenters. The Morgan fingerprint density at radius 2 is 2.25 bits per heavy atom. The number of hydrogen-bond donors (Lipinski definition) is 2. The van der Waals surface area contributed by atoms with Gasteiger partial charge in [-0.25, -0.2) is 0 Å². The normalized spacial score (nSPS) is 20.9. The van der Waals surface area contributed by atoms with E-state index in [-0.39, 0.29) is 5.75 Å². The summed E-state index contributed by atoms with van der Waals surface area (Å²) in [5.41, 5.74) is 1.20. The summed E-state index contributed by atoms with van der Waals surface area (Å²) in [5, 5.41) is 13.3. The third-order valence-electron chi connectivity index (χ3n) is 3.21. The van der Waals surface area contributed by atoms with Crippen LogP contribution in [0.3, 0.4) is 0 Å². The first-order chi connectivity index (χ1) is 7.75. The maximum atomic E-state index is 9.32. The van der Waals surface area contributed by atoms with Crippen molar-refractivity contribution in [1.29, 1.82) is 0 Å². The lowest BCUT2D eigenvalue weighted by molar-refractivity contribution is 0.383. The molecule has 1 aliphatic heterocycles. The summed E-state index contributed by atoms with van der Waals surface area (Å²) in [5.74, 6) is 0.168. The van der Waals surface area contributed by atoms with Gasteiger partial charge in [0.05, 0.1) is 5.02 Å². The minimum absolute atomic E-state index is 0.168. The van der Waals surface area contributed by atoms with Crippen molar-refractivity contribution in [2.75, 3.05) is 6.54 Å². The van der Waals surface area contributed by atoms with Crippen molar-refractivity contribution in [3.63, 3.8) is 0 Å². The number of hydrogen-bond acceptors (Lipinski definition) is 2. The molecule has 88 valence electrons. The van der Waals surface area contributed by atoms with E-state index in [9.17, 15) is 5.11 Å². The predicted molar refractivity (Wildman–Crippen MR) is 67.1 cm³/mol. The zero-order valence-electron chi connectivity index (χ0n) is 9.38. The first-order valence-electron chi connectivity index (χ1n) is 5.96. The van der Waals surface area contributed by atoms with Gasteiger partial charge in [0.25, 0.3) is 0 Å². The maximum absolute atomic E-state index is 9.32. The lowest BCUT2D eigenvalue weighted by Crippen LogP contribution is -2.34. The lowest BCUT2D eigenvalue weighted by Gasteiger charge is -2.23. The Hall–Kier alpha value is -0.730. The number of aryl methyl sites for hydroxylation is 1. The zero-order chi connectivity index (χ0) is 11.4. The highest BCUT2D eigenvalue weighted by atomic mass is 35.5. The van der Waals surface area contributed by atoms with E-state index in [1.54, 1.807) is 6.07 Å². The summed E-state index contributed by atoms with van der Waals surface area (Å²) < 4.78 is 0. The van der Waals surface area contributed by atoms with Crippen LogP contribution in [0, 0.1) is 0 Å². The van der Waals surface area contributed by atoms with Crippen LogP contribution in [-0.4, -0.2) is 17.7 Å². The van der Waals surface area contributed by atoms with Crippen LogP contribution in [0.25, 0.3) is 0 Å². The number of rotatable bonds is 3. The molecule has 0 aliphatic carbocycles. The summed E-state index contributed by atoms with van der Waals surface area (Å²) >= 11 is 5.87. The smallest absolute Gasteiger partial charge is 0.134 e. The van der Waals surface area contributed by atoms with Crippen molar-refractivity contribution in [3.8, 4) is 5.75 Å². The Morgan fingerprint density at radius 3 is 2.94 bits per heavy atom. The number of nitrogens with one attached hydrogen (secondary N) is 1. The molecule has 1 unspecified atom stereocenters. The highest BCUT2D eigenvalue weighted by Crippen LogP contribution is 2.24. The second-order valence-corrected chi connectivity index (χ2v) is 4.88. The van der Waals surface area contributed by atoms with Gasteiger partial charge in [0.15, 0.2) is 0 Å². The minimum Gasteiger partial charge on any atom is -0.506 e. The SMILES string of the molecule is Oc1ccc(CCC2CCCCN2)cc1Cl. The van der Waals surface area contributed by atoms with Crippen LogP contribution >= 0.6 is 11.6 Å². The fraction of sp³-hybridized carbons (Fsp3) is 0.538. The molecule has 0 spiro atoms. The number of benzene rings is 1. The number of halogens is 1. The van der Waals surface area contributed by atoms with Crippen LogP contribution in [0.5, 0.6) is 5.75 Å². The molecule has 2 nitrogen and oxygen atoms in total. The molecular weight excluding hydrogens is 222 g/mol.